The summed E-state index contributed by atoms with van der Waals surface area (Å²) >= 11 is 0. The number of nitrogens with one attached hydrogen (secondary N) is 1. The van der Waals surface area contributed by atoms with E-state index in [0.717, 1.165) is 25.6 Å². The highest BCUT2D eigenvalue weighted by molar-refractivity contribution is 4.88. The summed E-state index contributed by atoms with van der Waals surface area (Å²) in [5, 5.41) is 3.64. The van der Waals surface area contributed by atoms with Crippen LogP contribution >= 0.6 is 0 Å². The summed E-state index contributed by atoms with van der Waals surface area (Å²) in [6.07, 6.45) is 8.55. The molecule has 0 aromatic rings. The van der Waals surface area contributed by atoms with Crippen LogP contribution in [0.15, 0.2) is 0 Å². The molecule has 1 saturated carbocycles. The fourth-order valence-corrected chi connectivity index (χ4v) is 3.87. The second-order valence-electron chi connectivity index (χ2n) is 6.72. The van der Waals surface area contributed by atoms with Gasteiger partial charge < -0.3 is 10.1 Å². The summed E-state index contributed by atoms with van der Waals surface area (Å²) < 4.78 is 6.09. The molecule has 2 fully saturated rings. The average molecular weight is 282 g/mol. The van der Waals surface area contributed by atoms with Gasteiger partial charge in [0.25, 0.3) is 0 Å². The highest BCUT2D eigenvalue weighted by Gasteiger charge is 2.31. The minimum absolute atomic E-state index is 0.552. The topological polar surface area (TPSA) is 24.5 Å². The van der Waals surface area contributed by atoms with Gasteiger partial charge in [0.2, 0.25) is 0 Å². The van der Waals surface area contributed by atoms with Gasteiger partial charge in [-0.15, -0.1) is 0 Å². The van der Waals surface area contributed by atoms with Crippen LogP contribution in [0.3, 0.4) is 0 Å². The smallest absolute Gasteiger partial charge is 0.0597 e. The lowest BCUT2D eigenvalue weighted by Gasteiger charge is -2.43. The lowest BCUT2D eigenvalue weighted by Crippen LogP contribution is -2.54. The van der Waals surface area contributed by atoms with Crippen molar-refractivity contribution in [3.05, 3.63) is 0 Å². The average Bonchev–Trinajstić information content (AvgIpc) is 2.48. The maximum absolute atomic E-state index is 6.09. The molecular weight excluding hydrogens is 248 g/mol. The van der Waals surface area contributed by atoms with Crippen molar-refractivity contribution in [3.63, 3.8) is 0 Å². The van der Waals surface area contributed by atoms with Gasteiger partial charge >= 0.3 is 0 Å². The van der Waals surface area contributed by atoms with Gasteiger partial charge in [0, 0.05) is 25.2 Å². The zero-order valence-electron chi connectivity index (χ0n) is 13.7. The Morgan fingerprint density at radius 3 is 2.55 bits per heavy atom. The summed E-state index contributed by atoms with van der Waals surface area (Å²) in [5.41, 5.74) is 0. The predicted molar refractivity (Wildman–Crippen MR) is 85.1 cm³/mol. The number of rotatable bonds is 6. The molecular formula is C17H34N2O. The molecule has 3 atom stereocenters. The fraction of sp³-hybridized carbons (Fsp3) is 1.00. The number of likely N-dealkylation sites (tertiary alicyclic amines) is 1. The van der Waals surface area contributed by atoms with Crippen LogP contribution < -0.4 is 5.32 Å². The van der Waals surface area contributed by atoms with Gasteiger partial charge in [-0.1, -0.05) is 33.1 Å². The Balaban J connectivity index is 1.68. The van der Waals surface area contributed by atoms with Crippen LogP contribution in [0.2, 0.25) is 0 Å². The Hall–Kier alpha value is -0.120. The van der Waals surface area contributed by atoms with Crippen molar-refractivity contribution >= 4 is 0 Å². The Kier molecular flexibility index (Phi) is 6.79. The number of ether oxygens (including phenoxy) is 1. The Morgan fingerprint density at radius 1 is 1.10 bits per heavy atom. The van der Waals surface area contributed by atoms with E-state index in [0.29, 0.717) is 18.2 Å². The summed E-state index contributed by atoms with van der Waals surface area (Å²) in [7, 11) is 0. The quantitative estimate of drug-likeness (QED) is 0.810. The fourth-order valence-electron chi connectivity index (χ4n) is 3.87. The SMILES string of the molecule is CCNC1CCN(CCOC2CCCCC2)C(C)C1C. The molecule has 2 aliphatic rings. The molecule has 1 N–H and O–H groups in total. The van der Waals surface area contributed by atoms with Crippen LogP contribution in [0.5, 0.6) is 0 Å². The van der Waals surface area contributed by atoms with Gasteiger partial charge in [0.05, 0.1) is 12.7 Å². The van der Waals surface area contributed by atoms with E-state index in [9.17, 15) is 0 Å². The minimum Gasteiger partial charge on any atom is -0.377 e. The van der Waals surface area contributed by atoms with Crippen molar-refractivity contribution in [2.75, 3.05) is 26.2 Å². The van der Waals surface area contributed by atoms with Crippen molar-refractivity contribution in [3.8, 4) is 0 Å². The summed E-state index contributed by atoms with van der Waals surface area (Å²) in [6.45, 7) is 11.3. The van der Waals surface area contributed by atoms with Gasteiger partial charge in [0.1, 0.15) is 0 Å². The Labute approximate surface area is 125 Å². The molecule has 1 aliphatic carbocycles. The normalized spacial score (nSPS) is 33.5. The monoisotopic (exact) mass is 282 g/mol. The van der Waals surface area contributed by atoms with Crippen molar-refractivity contribution in [1.82, 2.24) is 10.2 Å². The van der Waals surface area contributed by atoms with E-state index in [-0.39, 0.29) is 0 Å². The molecule has 0 aromatic heterocycles. The molecule has 3 unspecified atom stereocenters. The van der Waals surface area contributed by atoms with E-state index < -0.39 is 0 Å². The molecule has 1 heterocycles. The predicted octanol–water partition coefficient (Wildman–Crippen LogP) is 3.04. The Morgan fingerprint density at radius 2 is 1.85 bits per heavy atom. The lowest BCUT2D eigenvalue weighted by molar-refractivity contribution is -0.00285. The maximum Gasteiger partial charge on any atom is 0.0597 e. The van der Waals surface area contributed by atoms with Crippen molar-refractivity contribution in [1.29, 1.82) is 0 Å². The van der Waals surface area contributed by atoms with Crippen molar-refractivity contribution in [2.24, 2.45) is 5.92 Å². The van der Waals surface area contributed by atoms with E-state index in [1.165, 1.54) is 45.1 Å². The molecule has 1 saturated heterocycles. The van der Waals surface area contributed by atoms with Crippen LogP contribution in [0.1, 0.15) is 59.3 Å². The second kappa shape index (κ2) is 8.35. The number of hydrogen-bond acceptors (Lipinski definition) is 3. The standard InChI is InChI=1S/C17H34N2O/c1-4-18-17-10-11-19(15(3)14(17)2)12-13-20-16-8-6-5-7-9-16/h14-18H,4-13H2,1-3H3. The highest BCUT2D eigenvalue weighted by Crippen LogP contribution is 2.24. The zero-order valence-corrected chi connectivity index (χ0v) is 13.7. The van der Waals surface area contributed by atoms with Gasteiger partial charge in [-0.2, -0.15) is 0 Å². The van der Waals surface area contributed by atoms with E-state index in [4.69, 9.17) is 4.74 Å². The largest absolute Gasteiger partial charge is 0.377 e. The third kappa shape index (κ3) is 4.44. The van der Waals surface area contributed by atoms with Crippen LogP contribution in [0.25, 0.3) is 0 Å². The number of nitrogens with zero attached hydrogens (tertiary/aromatic N) is 1. The van der Waals surface area contributed by atoms with Gasteiger partial charge in [-0.05, 0) is 38.6 Å². The number of hydrogen-bond donors (Lipinski definition) is 1. The minimum atomic E-state index is 0.552. The molecule has 3 nitrogen and oxygen atoms in total. The molecule has 3 heteroatoms. The first-order valence-corrected chi connectivity index (χ1v) is 8.81. The molecule has 0 bridgehead atoms. The highest BCUT2D eigenvalue weighted by atomic mass is 16.5. The van der Waals surface area contributed by atoms with Crippen LogP contribution in [-0.2, 0) is 4.74 Å². The molecule has 20 heavy (non-hydrogen) atoms. The molecule has 0 amide bonds. The van der Waals surface area contributed by atoms with Crippen molar-refractivity contribution < 1.29 is 4.74 Å². The van der Waals surface area contributed by atoms with Gasteiger partial charge in [-0.25, -0.2) is 0 Å². The molecule has 2 rings (SSSR count). The third-order valence-electron chi connectivity index (χ3n) is 5.45. The Bertz CT molecular complexity index is 266. The summed E-state index contributed by atoms with van der Waals surface area (Å²) in [4.78, 5) is 2.63. The van der Waals surface area contributed by atoms with E-state index >= 15 is 0 Å². The van der Waals surface area contributed by atoms with Gasteiger partial charge in [0.15, 0.2) is 0 Å². The van der Waals surface area contributed by atoms with Gasteiger partial charge in [-0.3, -0.25) is 4.90 Å². The summed E-state index contributed by atoms with van der Waals surface area (Å²) in [6, 6.07) is 1.37. The van der Waals surface area contributed by atoms with Crippen LogP contribution in [0, 0.1) is 5.92 Å². The molecule has 0 radical (unpaired) electrons. The second-order valence-corrected chi connectivity index (χ2v) is 6.72. The first kappa shape index (κ1) is 16.3. The maximum atomic E-state index is 6.09. The first-order chi connectivity index (χ1) is 9.72. The summed E-state index contributed by atoms with van der Waals surface area (Å²) in [5.74, 6) is 0.735. The first-order valence-electron chi connectivity index (χ1n) is 8.81. The molecule has 1 aliphatic heterocycles. The zero-order chi connectivity index (χ0) is 14.4. The lowest BCUT2D eigenvalue weighted by atomic mass is 9.87. The van der Waals surface area contributed by atoms with E-state index in [1.54, 1.807) is 0 Å². The van der Waals surface area contributed by atoms with Crippen LogP contribution in [-0.4, -0.2) is 49.3 Å². The molecule has 0 spiro atoms. The molecule has 0 aromatic carbocycles. The van der Waals surface area contributed by atoms with Crippen LogP contribution in [0.4, 0.5) is 0 Å². The van der Waals surface area contributed by atoms with Crippen molar-refractivity contribution in [2.45, 2.75) is 77.5 Å². The third-order valence-corrected chi connectivity index (χ3v) is 5.45. The van der Waals surface area contributed by atoms with E-state index in [1.807, 2.05) is 0 Å². The molecule has 118 valence electrons. The number of piperidine rings is 1. The van der Waals surface area contributed by atoms with E-state index in [2.05, 4.69) is 31.0 Å².